The second-order valence-corrected chi connectivity index (χ2v) is 12.4. The van der Waals surface area contributed by atoms with Crippen molar-refractivity contribution in [1.82, 2.24) is 9.80 Å². The van der Waals surface area contributed by atoms with E-state index >= 15 is 0 Å². The molecule has 1 saturated heterocycles. The van der Waals surface area contributed by atoms with Crippen LogP contribution in [0.25, 0.3) is 0 Å². The maximum atomic E-state index is 11.0. The molecule has 0 amide bonds. The minimum Gasteiger partial charge on any atom is -0.507 e. The summed E-state index contributed by atoms with van der Waals surface area (Å²) in [6, 6.07) is 5.36. The molecule has 2 aromatic rings. The summed E-state index contributed by atoms with van der Waals surface area (Å²) in [5.74, 6) is 1.58. The van der Waals surface area contributed by atoms with E-state index in [-0.39, 0.29) is 0 Å². The summed E-state index contributed by atoms with van der Waals surface area (Å²) in [4.78, 5) is 5.40. The van der Waals surface area contributed by atoms with E-state index in [1.807, 2.05) is 0 Å². The summed E-state index contributed by atoms with van der Waals surface area (Å²) in [6.07, 6.45) is 4.66. The summed E-state index contributed by atoms with van der Waals surface area (Å²) < 4.78 is 0. The lowest BCUT2D eigenvalue weighted by atomic mass is 9.88. The molecule has 0 bridgehead atoms. The third-order valence-corrected chi connectivity index (χ3v) is 9.05. The van der Waals surface area contributed by atoms with Gasteiger partial charge in [0.15, 0.2) is 0 Å². The van der Waals surface area contributed by atoms with Crippen molar-refractivity contribution in [2.24, 2.45) is 0 Å². The van der Waals surface area contributed by atoms with Crippen molar-refractivity contribution >= 4 is 0 Å². The largest absolute Gasteiger partial charge is 0.507 e. The Bertz CT molecular complexity index is 1020. The lowest BCUT2D eigenvalue weighted by Gasteiger charge is -2.49. The first kappa shape index (κ1) is 30.5. The van der Waals surface area contributed by atoms with E-state index < -0.39 is 0 Å². The van der Waals surface area contributed by atoms with Gasteiger partial charge in [0.2, 0.25) is 0 Å². The smallest absolute Gasteiger partial charge is 0.122 e. The second kappa shape index (κ2) is 12.9. The number of hydrogen-bond acceptors (Lipinski definition) is 4. The van der Waals surface area contributed by atoms with Gasteiger partial charge in [-0.3, -0.25) is 9.80 Å². The minimum absolute atomic E-state index is 0.313. The van der Waals surface area contributed by atoms with E-state index in [1.165, 1.54) is 35.1 Å². The molecular formula is C34H54N2O2. The van der Waals surface area contributed by atoms with Crippen LogP contribution in [0.4, 0.5) is 0 Å². The number of phenols is 2. The zero-order valence-corrected chi connectivity index (χ0v) is 25.9. The lowest BCUT2D eigenvalue weighted by Crippen LogP contribution is -2.58. The van der Waals surface area contributed by atoms with Crippen molar-refractivity contribution in [3.8, 4) is 11.5 Å². The van der Waals surface area contributed by atoms with Crippen LogP contribution in [-0.4, -0.2) is 45.2 Å². The quantitative estimate of drug-likeness (QED) is 0.330. The van der Waals surface area contributed by atoms with E-state index in [9.17, 15) is 10.2 Å². The van der Waals surface area contributed by atoms with Crippen LogP contribution in [0.15, 0.2) is 12.1 Å². The molecule has 2 N–H and O–H groups in total. The van der Waals surface area contributed by atoms with Crippen molar-refractivity contribution in [3.63, 3.8) is 0 Å². The van der Waals surface area contributed by atoms with E-state index in [0.29, 0.717) is 35.4 Å². The van der Waals surface area contributed by atoms with Gasteiger partial charge >= 0.3 is 0 Å². The van der Waals surface area contributed by atoms with Gasteiger partial charge in [-0.2, -0.15) is 0 Å². The van der Waals surface area contributed by atoms with Crippen molar-refractivity contribution in [2.45, 2.75) is 132 Å². The van der Waals surface area contributed by atoms with Crippen LogP contribution in [0.5, 0.6) is 11.5 Å². The number of rotatable bonds is 10. The van der Waals surface area contributed by atoms with Gasteiger partial charge in [-0.15, -0.1) is 0 Å². The van der Waals surface area contributed by atoms with E-state index in [2.05, 4.69) is 91.2 Å². The number of aromatic hydroxyl groups is 2. The Morgan fingerprint density at radius 3 is 1.32 bits per heavy atom. The minimum atomic E-state index is 0.313. The average Bonchev–Trinajstić information content (AvgIpc) is 2.86. The Morgan fingerprint density at radius 1 is 0.684 bits per heavy atom. The summed E-state index contributed by atoms with van der Waals surface area (Å²) in [5, 5.41) is 22.0. The first-order valence-corrected chi connectivity index (χ1v) is 15.0. The summed E-state index contributed by atoms with van der Waals surface area (Å²) in [5.41, 5.74) is 9.37. The first-order valence-electron chi connectivity index (χ1n) is 15.0. The van der Waals surface area contributed by atoms with Crippen LogP contribution in [0, 0.1) is 27.7 Å². The Labute approximate surface area is 233 Å². The van der Waals surface area contributed by atoms with Crippen LogP contribution in [0.3, 0.4) is 0 Å². The Morgan fingerprint density at radius 2 is 1.03 bits per heavy atom. The molecule has 0 spiro atoms. The molecule has 212 valence electrons. The SMILES string of the molecule is CCCC1C(CCC)N(Cc2c(C)cc(C(C)C)c(O)c2C)CCN1Cc1c(C)cc(C(C)C)c(O)c1C. The molecular weight excluding hydrogens is 468 g/mol. The number of benzene rings is 2. The van der Waals surface area contributed by atoms with E-state index in [0.717, 1.165) is 61.3 Å². The monoisotopic (exact) mass is 522 g/mol. The summed E-state index contributed by atoms with van der Waals surface area (Å²) >= 11 is 0. The molecule has 4 nitrogen and oxygen atoms in total. The Kier molecular flexibility index (Phi) is 10.3. The fraction of sp³-hybridized carbons (Fsp3) is 0.647. The summed E-state index contributed by atoms with van der Waals surface area (Å²) in [6.45, 7) is 25.6. The Hall–Kier alpha value is -2.04. The number of aryl methyl sites for hydroxylation is 2. The standard InChI is InChI=1S/C34H54N2O2/c1-11-13-31-32(14-12-2)36(20-30-24(8)18-28(22(5)6)34(38)26(30)10)16-15-35(31)19-29-23(7)17-27(21(3)4)33(37)25(29)9/h17-18,21-22,31-32,37-38H,11-16,19-20H2,1-10H3. The van der Waals surface area contributed by atoms with Gasteiger partial charge < -0.3 is 10.2 Å². The lowest BCUT2D eigenvalue weighted by molar-refractivity contribution is 0.000294. The molecule has 0 aliphatic carbocycles. The molecule has 4 heteroatoms. The zero-order chi connectivity index (χ0) is 28.3. The molecule has 3 rings (SSSR count). The highest BCUT2D eigenvalue weighted by molar-refractivity contribution is 5.51. The van der Waals surface area contributed by atoms with Gasteiger partial charge in [0, 0.05) is 38.3 Å². The molecule has 2 atom stereocenters. The highest BCUT2D eigenvalue weighted by Crippen LogP contribution is 2.37. The van der Waals surface area contributed by atoms with Crippen molar-refractivity contribution < 1.29 is 10.2 Å². The zero-order valence-electron chi connectivity index (χ0n) is 25.9. The van der Waals surface area contributed by atoms with Gasteiger partial charge in [-0.05, 0) is 96.9 Å². The van der Waals surface area contributed by atoms with Gasteiger partial charge in [0.05, 0.1) is 0 Å². The maximum absolute atomic E-state index is 11.0. The molecule has 1 heterocycles. The van der Waals surface area contributed by atoms with Crippen molar-refractivity contribution in [3.05, 3.63) is 56.6 Å². The molecule has 1 aliphatic rings. The summed E-state index contributed by atoms with van der Waals surface area (Å²) in [7, 11) is 0. The number of piperazine rings is 1. The molecule has 38 heavy (non-hydrogen) atoms. The van der Waals surface area contributed by atoms with Gasteiger partial charge in [0.1, 0.15) is 11.5 Å². The highest BCUT2D eigenvalue weighted by atomic mass is 16.3. The molecule has 1 aliphatic heterocycles. The predicted octanol–water partition coefficient (Wildman–Crippen LogP) is 8.23. The average molecular weight is 523 g/mol. The van der Waals surface area contributed by atoms with Crippen LogP contribution in [0.1, 0.15) is 124 Å². The number of phenolic OH excluding ortho intramolecular Hbond substituents is 2. The van der Waals surface area contributed by atoms with Gasteiger partial charge in [0.25, 0.3) is 0 Å². The van der Waals surface area contributed by atoms with Crippen LogP contribution >= 0.6 is 0 Å². The molecule has 2 unspecified atom stereocenters. The number of nitrogens with zero attached hydrogens (tertiary/aromatic N) is 2. The molecule has 1 fully saturated rings. The fourth-order valence-electron chi connectivity index (χ4n) is 6.67. The third-order valence-electron chi connectivity index (χ3n) is 9.05. The molecule has 0 saturated carbocycles. The first-order chi connectivity index (χ1) is 17.9. The van der Waals surface area contributed by atoms with E-state index in [1.54, 1.807) is 0 Å². The van der Waals surface area contributed by atoms with E-state index in [4.69, 9.17) is 0 Å². The fourth-order valence-corrected chi connectivity index (χ4v) is 6.67. The predicted molar refractivity (Wildman–Crippen MR) is 162 cm³/mol. The van der Waals surface area contributed by atoms with Crippen LogP contribution < -0.4 is 0 Å². The van der Waals surface area contributed by atoms with Crippen molar-refractivity contribution in [2.75, 3.05) is 13.1 Å². The maximum Gasteiger partial charge on any atom is 0.122 e. The highest BCUT2D eigenvalue weighted by Gasteiger charge is 2.36. The Balaban J connectivity index is 1.93. The van der Waals surface area contributed by atoms with Crippen LogP contribution in [-0.2, 0) is 13.1 Å². The number of hydrogen-bond donors (Lipinski definition) is 2. The topological polar surface area (TPSA) is 46.9 Å². The van der Waals surface area contributed by atoms with Crippen molar-refractivity contribution in [1.29, 1.82) is 0 Å². The van der Waals surface area contributed by atoms with Gasteiger partial charge in [-0.25, -0.2) is 0 Å². The second-order valence-electron chi connectivity index (χ2n) is 12.4. The normalized spacial score (nSPS) is 19.2. The molecule has 0 aromatic heterocycles. The molecule has 2 aromatic carbocycles. The van der Waals surface area contributed by atoms with Crippen LogP contribution in [0.2, 0.25) is 0 Å². The third kappa shape index (κ3) is 6.23. The molecule has 0 radical (unpaired) electrons. The van der Waals surface area contributed by atoms with Gasteiger partial charge in [-0.1, -0.05) is 66.5 Å².